The highest BCUT2D eigenvalue weighted by Gasteiger charge is 2.23. The molecule has 6 nitrogen and oxygen atoms in total. The van der Waals surface area contributed by atoms with E-state index in [0.29, 0.717) is 18.2 Å². The number of nitrogens with one attached hydrogen (secondary N) is 1. The van der Waals surface area contributed by atoms with Crippen LogP contribution in [0.2, 0.25) is 0 Å². The molecule has 1 N–H and O–H groups in total. The van der Waals surface area contributed by atoms with Gasteiger partial charge in [-0.05, 0) is 44.9 Å². The lowest BCUT2D eigenvalue weighted by Crippen LogP contribution is -2.27. The van der Waals surface area contributed by atoms with Gasteiger partial charge >= 0.3 is 0 Å². The van der Waals surface area contributed by atoms with Gasteiger partial charge < -0.3 is 9.72 Å². The molecular weight excluding hydrogens is 314 g/mol. The number of aromatic nitrogens is 4. The Kier molecular flexibility index (Phi) is 4.37. The van der Waals surface area contributed by atoms with E-state index in [9.17, 15) is 4.79 Å². The van der Waals surface area contributed by atoms with Gasteiger partial charge in [0.2, 0.25) is 0 Å². The van der Waals surface area contributed by atoms with E-state index in [2.05, 4.69) is 50.0 Å². The molecule has 3 aromatic heterocycles. The molecule has 0 fully saturated rings. The molecule has 0 aliphatic heterocycles. The molecule has 1 amide bonds. The van der Waals surface area contributed by atoms with Crippen LogP contribution < -0.4 is 5.32 Å². The average Bonchev–Trinajstić information content (AvgIpc) is 3.16. The average molecular weight is 339 g/mol. The topological polar surface area (TPSA) is 64.2 Å². The molecule has 0 saturated heterocycles. The van der Waals surface area contributed by atoms with E-state index in [0.717, 1.165) is 17.0 Å². The summed E-state index contributed by atoms with van der Waals surface area (Å²) in [6.45, 7) is 10.9. The van der Waals surface area contributed by atoms with Crippen molar-refractivity contribution in [3.63, 3.8) is 0 Å². The SMILES string of the molecule is CC(C)c1cc(C(=O)NCc2cn3ccccc3n2)nn1C(C)(C)C. The first-order valence-corrected chi connectivity index (χ1v) is 8.57. The Balaban J connectivity index is 1.77. The molecule has 0 spiro atoms. The molecule has 3 rings (SSSR count). The van der Waals surface area contributed by atoms with Crippen LogP contribution in [0.4, 0.5) is 0 Å². The van der Waals surface area contributed by atoms with E-state index in [1.165, 1.54) is 0 Å². The number of fused-ring (bicyclic) bond motifs is 1. The molecule has 0 aliphatic rings. The van der Waals surface area contributed by atoms with E-state index in [4.69, 9.17) is 0 Å². The van der Waals surface area contributed by atoms with Crippen LogP contribution in [0.5, 0.6) is 0 Å². The van der Waals surface area contributed by atoms with Crippen molar-refractivity contribution in [3.8, 4) is 0 Å². The number of rotatable bonds is 4. The Labute approximate surface area is 147 Å². The predicted octanol–water partition coefficient (Wildman–Crippen LogP) is 3.34. The van der Waals surface area contributed by atoms with Gasteiger partial charge in [0, 0.05) is 18.1 Å². The maximum absolute atomic E-state index is 12.5. The Morgan fingerprint density at radius 3 is 2.64 bits per heavy atom. The third-order valence-electron chi connectivity index (χ3n) is 4.04. The summed E-state index contributed by atoms with van der Waals surface area (Å²) in [5, 5.41) is 7.45. The van der Waals surface area contributed by atoms with E-state index in [-0.39, 0.29) is 11.4 Å². The zero-order valence-corrected chi connectivity index (χ0v) is 15.4. The molecule has 0 radical (unpaired) electrons. The summed E-state index contributed by atoms with van der Waals surface area (Å²) in [6.07, 6.45) is 3.86. The van der Waals surface area contributed by atoms with E-state index in [1.54, 1.807) is 0 Å². The fraction of sp³-hybridized carbons (Fsp3) is 0.421. The predicted molar refractivity (Wildman–Crippen MR) is 97.7 cm³/mol. The Hall–Kier alpha value is -2.63. The molecule has 0 atom stereocenters. The first-order valence-electron chi connectivity index (χ1n) is 8.57. The van der Waals surface area contributed by atoms with Crippen LogP contribution in [0, 0.1) is 0 Å². The van der Waals surface area contributed by atoms with Gasteiger partial charge in [0.15, 0.2) is 0 Å². The van der Waals surface area contributed by atoms with Gasteiger partial charge in [0.05, 0.1) is 17.8 Å². The molecule has 132 valence electrons. The Morgan fingerprint density at radius 1 is 1.28 bits per heavy atom. The van der Waals surface area contributed by atoms with Crippen LogP contribution in [-0.4, -0.2) is 25.1 Å². The smallest absolute Gasteiger partial charge is 0.272 e. The molecule has 25 heavy (non-hydrogen) atoms. The van der Waals surface area contributed by atoms with E-state index < -0.39 is 0 Å². The summed E-state index contributed by atoms with van der Waals surface area (Å²) in [4.78, 5) is 17.0. The number of nitrogens with zero attached hydrogens (tertiary/aromatic N) is 4. The van der Waals surface area contributed by atoms with Crippen molar-refractivity contribution >= 4 is 11.6 Å². The van der Waals surface area contributed by atoms with Crippen molar-refractivity contribution in [1.29, 1.82) is 0 Å². The van der Waals surface area contributed by atoms with Crippen LogP contribution in [0.15, 0.2) is 36.7 Å². The summed E-state index contributed by atoms with van der Waals surface area (Å²) >= 11 is 0. The van der Waals surface area contributed by atoms with Crippen LogP contribution in [0.25, 0.3) is 5.65 Å². The van der Waals surface area contributed by atoms with Gasteiger partial charge in [0.25, 0.3) is 5.91 Å². The van der Waals surface area contributed by atoms with Crippen molar-refractivity contribution in [3.05, 3.63) is 53.7 Å². The van der Waals surface area contributed by atoms with Crippen molar-refractivity contribution in [1.82, 2.24) is 24.5 Å². The second kappa shape index (κ2) is 6.35. The number of hydrogen-bond donors (Lipinski definition) is 1. The number of carbonyl (C=O) groups is 1. The molecule has 3 heterocycles. The normalized spacial score (nSPS) is 12.1. The maximum atomic E-state index is 12.5. The third-order valence-corrected chi connectivity index (χ3v) is 4.04. The molecule has 3 aromatic rings. The number of imidazole rings is 1. The van der Waals surface area contributed by atoms with E-state index in [1.807, 2.05) is 45.7 Å². The number of hydrogen-bond acceptors (Lipinski definition) is 3. The van der Waals surface area contributed by atoms with Crippen LogP contribution in [-0.2, 0) is 12.1 Å². The summed E-state index contributed by atoms with van der Waals surface area (Å²) in [7, 11) is 0. The fourth-order valence-corrected chi connectivity index (χ4v) is 2.79. The molecule has 0 aromatic carbocycles. The largest absolute Gasteiger partial charge is 0.345 e. The summed E-state index contributed by atoms with van der Waals surface area (Å²) in [6, 6.07) is 7.71. The number of pyridine rings is 1. The van der Waals surface area contributed by atoms with Gasteiger partial charge in [-0.1, -0.05) is 19.9 Å². The van der Waals surface area contributed by atoms with Gasteiger partial charge in [-0.2, -0.15) is 5.10 Å². The lowest BCUT2D eigenvalue weighted by Gasteiger charge is -2.23. The second-order valence-electron chi connectivity index (χ2n) is 7.57. The summed E-state index contributed by atoms with van der Waals surface area (Å²) in [5.74, 6) is 0.119. The Bertz CT molecular complexity index is 865. The molecule has 0 unspecified atom stereocenters. The van der Waals surface area contributed by atoms with Crippen molar-refractivity contribution in [2.24, 2.45) is 0 Å². The minimum atomic E-state index is -0.179. The van der Waals surface area contributed by atoms with E-state index >= 15 is 0 Å². The van der Waals surface area contributed by atoms with Crippen molar-refractivity contribution in [2.75, 3.05) is 0 Å². The quantitative estimate of drug-likeness (QED) is 0.793. The minimum Gasteiger partial charge on any atom is -0.345 e. The highest BCUT2D eigenvalue weighted by Crippen LogP contribution is 2.23. The zero-order valence-electron chi connectivity index (χ0n) is 15.4. The van der Waals surface area contributed by atoms with Crippen molar-refractivity contribution < 1.29 is 4.79 Å². The van der Waals surface area contributed by atoms with Crippen LogP contribution >= 0.6 is 0 Å². The van der Waals surface area contributed by atoms with Crippen LogP contribution in [0.3, 0.4) is 0 Å². The third kappa shape index (κ3) is 3.57. The van der Waals surface area contributed by atoms with Gasteiger partial charge in [-0.25, -0.2) is 4.98 Å². The lowest BCUT2D eigenvalue weighted by atomic mass is 10.1. The first-order chi connectivity index (χ1) is 11.8. The van der Waals surface area contributed by atoms with Crippen LogP contribution in [0.1, 0.15) is 62.4 Å². The maximum Gasteiger partial charge on any atom is 0.272 e. The Morgan fingerprint density at radius 2 is 2.04 bits per heavy atom. The molecule has 0 bridgehead atoms. The molecule has 0 aliphatic carbocycles. The van der Waals surface area contributed by atoms with Crippen molar-refractivity contribution in [2.45, 2.75) is 52.6 Å². The monoisotopic (exact) mass is 339 g/mol. The summed E-state index contributed by atoms with van der Waals surface area (Å²) in [5.41, 5.74) is 3.03. The number of carbonyl (C=O) groups excluding carboxylic acids is 1. The van der Waals surface area contributed by atoms with Gasteiger partial charge in [-0.3, -0.25) is 9.48 Å². The highest BCUT2D eigenvalue weighted by molar-refractivity contribution is 5.92. The first kappa shape index (κ1) is 17.2. The van der Waals surface area contributed by atoms with Gasteiger partial charge in [0.1, 0.15) is 11.3 Å². The molecule has 0 saturated carbocycles. The number of amides is 1. The standard InChI is InChI=1S/C19H25N5O/c1-13(2)16-10-15(22-24(16)19(3,4)5)18(25)20-11-14-12-23-9-7-6-8-17(23)21-14/h6-10,12-13H,11H2,1-5H3,(H,20,25). The summed E-state index contributed by atoms with van der Waals surface area (Å²) < 4.78 is 3.88. The molecule has 6 heteroatoms. The second-order valence-corrected chi connectivity index (χ2v) is 7.57. The highest BCUT2D eigenvalue weighted by atomic mass is 16.1. The lowest BCUT2D eigenvalue weighted by molar-refractivity contribution is 0.0944. The zero-order chi connectivity index (χ0) is 18.2. The fourth-order valence-electron chi connectivity index (χ4n) is 2.79. The minimum absolute atomic E-state index is 0.167. The molecular formula is C19H25N5O. The van der Waals surface area contributed by atoms with Gasteiger partial charge in [-0.15, -0.1) is 0 Å².